The number of carbonyl (C=O) groups is 3. The van der Waals surface area contributed by atoms with Crippen molar-refractivity contribution in [2.75, 3.05) is 19.8 Å². The molecule has 0 rings (SSSR count). The number of carbonyl (C=O) groups excluding carboxylic acids is 3. The summed E-state index contributed by atoms with van der Waals surface area (Å²) in [7, 11) is 0. The van der Waals surface area contributed by atoms with Crippen LogP contribution in [0.4, 0.5) is 0 Å². The molecule has 0 aromatic heterocycles. The molecule has 0 radical (unpaired) electrons. The van der Waals surface area contributed by atoms with E-state index in [2.05, 4.69) is 20.8 Å². The zero-order valence-electron chi connectivity index (χ0n) is 8.36. The fourth-order valence-electron chi connectivity index (χ4n) is 0.559. The van der Waals surface area contributed by atoms with E-state index >= 15 is 0 Å². The Hall–Kier alpha value is -1.85. The van der Waals surface area contributed by atoms with Crippen LogP contribution in [0.5, 0.6) is 0 Å². The molecule has 0 bridgehead atoms. The second kappa shape index (κ2) is 7.54. The van der Waals surface area contributed by atoms with Gasteiger partial charge in [0.05, 0.1) is 0 Å². The molecule has 0 aromatic rings. The zero-order valence-corrected chi connectivity index (χ0v) is 8.36. The molecule has 0 atom stereocenters. The van der Waals surface area contributed by atoms with E-state index < -0.39 is 24.5 Å². The minimum atomic E-state index is -0.695. The Kier molecular flexibility index (Phi) is 6.61. The Morgan fingerprint density at radius 3 is 2.27 bits per heavy atom. The van der Waals surface area contributed by atoms with Crippen LogP contribution in [0.1, 0.15) is 6.92 Å². The Bertz CT molecular complexity index is 257. The molecule has 0 amide bonds. The highest BCUT2D eigenvalue weighted by Crippen LogP contribution is 1.85. The van der Waals surface area contributed by atoms with Crippen LogP contribution in [0, 0.1) is 0 Å². The van der Waals surface area contributed by atoms with Crippen LogP contribution in [0.2, 0.25) is 0 Å². The van der Waals surface area contributed by atoms with Gasteiger partial charge in [-0.1, -0.05) is 6.58 Å². The van der Waals surface area contributed by atoms with Crippen molar-refractivity contribution in [2.45, 2.75) is 6.92 Å². The third-order valence-corrected chi connectivity index (χ3v) is 1.15. The van der Waals surface area contributed by atoms with Gasteiger partial charge in [-0.3, -0.25) is 4.79 Å². The summed E-state index contributed by atoms with van der Waals surface area (Å²) in [6.45, 7) is 3.78. The van der Waals surface area contributed by atoms with Crippen LogP contribution in [-0.2, 0) is 28.6 Å². The molecule has 0 aliphatic carbocycles. The van der Waals surface area contributed by atoms with E-state index in [4.69, 9.17) is 0 Å². The van der Waals surface area contributed by atoms with Crippen LogP contribution in [0.15, 0.2) is 12.7 Å². The number of hydrogen-bond acceptors (Lipinski definition) is 6. The fourth-order valence-corrected chi connectivity index (χ4v) is 0.559. The van der Waals surface area contributed by atoms with Crippen molar-refractivity contribution in [3.63, 3.8) is 0 Å². The molecule has 0 saturated carbocycles. The molecule has 6 nitrogen and oxygen atoms in total. The van der Waals surface area contributed by atoms with Crippen molar-refractivity contribution in [3.8, 4) is 0 Å². The lowest BCUT2D eigenvalue weighted by Gasteiger charge is -2.04. The SMILES string of the molecule is C=CC(=O)OCCOC(=O)COC(C)=O. The molecule has 0 aliphatic rings. The fraction of sp³-hybridized carbons (Fsp3) is 0.444. The van der Waals surface area contributed by atoms with E-state index in [1.165, 1.54) is 6.92 Å². The summed E-state index contributed by atoms with van der Waals surface area (Å²) in [5.41, 5.74) is 0. The van der Waals surface area contributed by atoms with Gasteiger partial charge in [-0.2, -0.15) is 0 Å². The third kappa shape index (κ3) is 8.48. The van der Waals surface area contributed by atoms with E-state index in [9.17, 15) is 14.4 Å². The van der Waals surface area contributed by atoms with E-state index in [1.807, 2.05) is 0 Å². The van der Waals surface area contributed by atoms with Crippen molar-refractivity contribution < 1.29 is 28.6 Å². The van der Waals surface area contributed by atoms with Crippen molar-refractivity contribution in [1.82, 2.24) is 0 Å². The first-order valence-corrected chi connectivity index (χ1v) is 4.14. The smallest absolute Gasteiger partial charge is 0.344 e. The minimum Gasteiger partial charge on any atom is -0.460 e. The highest BCUT2D eigenvalue weighted by Gasteiger charge is 2.05. The molecule has 15 heavy (non-hydrogen) atoms. The van der Waals surface area contributed by atoms with Gasteiger partial charge in [-0.25, -0.2) is 9.59 Å². The molecule has 0 fully saturated rings. The summed E-state index contributed by atoms with van der Waals surface area (Å²) >= 11 is 0. The number of esters is 3. The predicted octanol–water partition coefficient (Wildman–Crippen LogP) is -0.178. The van der Waals surface area contributed by atoms with Crippen LogP contribution >= 0.6 is 0 Å². The van der Waals surface area contributed by atoms with Crippen molar-refractivity contribution in [1.29, 1.82) is 0 Å². The van der Waals surface area contributed by atoms with Gasteiger partial charge in [0.25, 0.3) is 0 Å². The maximum Gasteiger partial charge on any atom is 0.344 e. The lowest BCUT2D eigenvalue weighted by atomic mass is 10.6. The summed E-state index contributed by atoms with van der Waals surface area (Å²) in [5, 5.41) is 0. The van der Waals surface area contributed by atoms with Crippen molar-refractivity contribution in [2.24, 2.45) is 0 Å². The van der Waals surface area contributed by atoms with Gasteiger partial charge in [-0.15, -0.1) is 0 Å². The first-order chi connectivity index (χ1) is 7.06. The molecular formula is C9H12O6. The van der Waals surface area contributed by atoms with Crippen LogP contribution < -0.4 is 0 Å². The third-order valence-electron chi connectivity index (χ3n) is 1.15. The van der Waals surface area contributed by atoms with Gasteiger partial charge in [-0.05, 0) is 0 Å². The molecule has 0 spiro atoms. The standard InChI is InChI=1S/C9H12O6/c1-3-8(11)13-4-5-14-9(12)6-15-7(2)10/h3H,1,4-6H2,2H3. The Balaban J connectivity index is 3.43. The Morgan fingerprint density at radius 1 is 1.13 bits per heavy atom. The summed E-state index contributed by atoms with van der Waals surface area (Å²) < 4.78 is 13.5. The molecule has 0 heterocycles. The van der Waals surface area contributed by atoms with Crippen molar-refractivity contribution in [3.05, 3.63) is 12.7 Å². The van der Waals surface area contributed by atoms with E-state index in [0.29, 0.717) is 0 Å². The normalized spacial score (nSPS) is 8.87. The lowest BCUT2D eigenvalue weighted by molar-refractivity contribution is -0.159. The summed E-state index contributed by atoms with van der Waals surface area (Å²) in [5.74, 6) is -1.85. The van der Waals surface area contributed by atoms with Crippen LogP contribution in [0.3, 0.4) is 0 Å². The number of rotatable bonds is 6. The van der Waals surface area contributed by atoms with Crippen molar-refractivity contribution >= 4 is 17.9 Å². The molecule has 0 saturated heterocycles. The molecule has 0 N–H and O–H groups in total. The first kappa shape index (κ1) is 13.2. The average Bonchev–Trinajstić information content (AvgIpc) is 2.21. The van der Waals surface area contributed by atoms with E-state index in [-0.39, 0.29) is 13.2 Å². The van der Waals surface area contributed by atoms with Gasteiger partial charge in [0.15, 0.2) is 6.61 Å². The average molecular weight is 216 g/mol. The second-order valence-electron chi connectivity index (χ2n) is 2.37. The quantitative estimate of drug-likeness (QED) is 0.265. The summed E-state index contributed by atoms with van der Waals surface area (Å²) in [6.07, 6.45) is 1.00. The Morgan fingerprint density at radius 2 is 1.73 bits per heavy atom. The second-order valence-corrected chi connectivity index (χ2v) is 2.37. The first-order valence-electron chi connectivity index (χ1n) is 4.14. The van der Waals surface area contributed by atoms with Gasteiger partial charge >= 0.3 is 17.9 Å². The molecule has 0 aromatic carbocycles. The van der Waals surface area contributed by atoms with Gasteiger partial charge in [0.2, 0.25) is 0 Å². The molecular weight excluding hydrogens is 204 g/mol. The van der Waals surface area contributed by atoms with Gasteiger partial charge < -0.3 is 14.2 Å². The van der Waals surface area contributed by atoms with E-state index in [1.54, 1.807) is 0 Å². The highest BCUT2D eigenvalue weighted by molar-refractivity contribution is 5.81. The predicted molar refractivity (Wildman–Crippen MR) is 48.7 cm³/mol. The number of hydrogen-bond donors (Lipinski definition) is 0. The number of ether oxygens (including phenoxy) is 3. The summed E-state index contributed by atoms with van der Waals surface area (Å²) in [4.78, 5) is 31.6. The minimum absolute atomic E-state index is 0.0589. The molecule has 6 heteroatoms. The van der Waals surface area contributed by atoms with Gasteiger partial charge in [0, 0.05) is 13.0 Å². The molecule has 0 unspecified atom stereocenters. The highest BCUT2D eigenvalue weighted by atomic mass is 16.6. The van der Waals surface area contributed by atoms with Crippen LogP contribution in [-0.4, -0.2) is 37.7 Å². The van der Waals surface area contributed by atoms with Gasteiger partial charge in [0.1, 0.15) is 13.2 Å². The lowest BCUT2D eigenvalue weighted by Crippen LogP contribution is -2.18. The molecule has 84 valence electrons. The maximum absolute atomic E-state index is 10.8. The van der Waals surface area contributed by atoms with E-state index in [0.717, 1.165) is 6.08 Å². The Labute approximate surface area is 86.8 Å². The monoisotopic (exact) mass is 216 g/mol. The summed E-state index contributed by atoms with van der Waals surface area (Å²) in [6, 6.07) is 0. The maximum atomic E-state index is 10.8. The largest absolute Gasteiger partial charge is 0.460 e. The topological polar surface area (TPSA) is 78.9 Å². The zero-order chi connectivity index (χ0) is 11.7. The molecule has 0 aliphatic heterocycles. The van der Waals surface area contributed by atoms with Crippen LogP contribution in [0.25, 0.3) is 0 Å².